The molecule has 0 spiro atoms. The predicted octanol–water partition coefficient (Wildman–Crippen LogP) is 6.79. The van der Waals surface area contributed by atoms with E-state index < -0.39 is 0 Å². The van der Waals surface area contributed by atoms with Crippen LogP contribution < -0.4 is 16.0 Å². The van der Waals surface area contributed by atoms with E-state index in [9.17, 15) is 0 Å². The summed E-state index contributed by atoms with van der Waals surface area (Å²) >= 11 is 0. The molecule has 0 aliphatic heterocycles. The zero-order valence-corrected chi connectivity index (χ0v) is 22.6. The first-order valence-corrected chi connectivity index (χ1v) is 12.2. The lowest BCUT2D eigenvalue weighted by Crippen LogP contribution is -2.20. The molecule has 0 unspecified atom stereocenters. The van der Waals surface area contributed by atoms with E-state index in [4.69, 9.17) is 0 Å². The van der Waals surface area contributed by atoms with Crippen LogP contribution in [0.3, 0.4) is 0 Å². The van der Waals surface area contributed by atoms with E-state index in [1.54, 1.807) is 31.0 Å². The van der Waals surface area contributed by atoms with Gasteiger partial charge in [0.05, 0.1) is 11.4 Å². The number of nitrogens with one attached hydrogen (secondary N) is 3. The highest BCUT2D eigenvalue weighted by Crippen LogP contribution is 2.08. The molecule has 3 aromatic heterocycles. The quantitative estimate of drug-likeness (QED) is 0.299. The Labute approximate surface area is 225 Å². The van der Waals surface area contributed by atoms with Crippen LogP contribution in [0.2, 0.25) is 0 Å². The normalized spacial score (nSPS) is 9.65. The third kappa shape index (κ3) is 14.9. The van der Waals surface area contributed by atoms with Crippen LogP contribution in [0, 0.1) is 0 Å². The van der Waals surface area contributed by atoms with E-state index in [-0.39, 0.29) is 7.43 Å². The SMILES string of the molecule is C.C=C(NC(C)C)c1ccccn1.C=C(NC(C)C)c1cccnc1.C=C(NC(C)C)c1ccncc1. The molecule has 0 radical (unpaired) electrons. The van der Waals surface area contributed by atoms with E-state index in [1.165, 1.54) is 0 Å². The average Bonchev–Trinajstić information content (AvgIpc) is 2.85. The van der Waals surface area contributed by atoms with Gasteiger partial charge in [0.25, 0.3) is 0 Å². The van der Waals surface area contributed by atoms with Gasteiger partial charge in [0.2, 0.25) is 0 Å². The van der Waals surface area contributed by atoms with Crippen molar-refractivity contribution in [2.45, 2.75) is 67.1 Å². The van der Waals surface area contributed by atoms with Gasteiger partial charge in [-0.2, -0.15) is 0 Å². The smallest absolute Gasteiger partial charge is 0.0854 e. The van der Waals surface area contributed by atoms with Crippen molar-refractivity contribution >= 4 is 17.1 Å². The molecule has 3 rings (SSSR count). The minimum atomic E-state index is 0. The monoisotopic (exact) mass is 502 g/mol. The summed E-state index contributed by atoms with van der Waals surface area (Å²) in [6.07, 6.45) is 8.86. The first-order valence-electron chi connectivity index (χ1n) is 12.2. The van der Waals surface area contributed by atoms with Gasteiger partial charge in [-0.15, -0.1) is 0 Å². The Kier molecular flexibility index (Phi) is 16.4. The number of hydrogen-bond donors (Lipinski definition) is 3. The highest BCUT2D eigenvalue weighted by atomic mass is 14.9. The summed E-state index contributed by atoms with van der Waals surface area (Å²) in [5.74, 6) is 0. The van der Waals surface area contributed by atoms with Crippen molar-refractivity contribution < 1.29 is 0 Å². The predicted molar refractivity (Wildman–Crippen MR) is 161 cm³/mol. The van der Waals surface area contributed by atoms with Gasteiger partial charge < -0.3 is 16.0 Å². The van der Waals surface area contributed by atoms with Crippen molar-refractivity contribution in [1.29, 1.82) is 0 Å². The molecular formula is C31H46N6. The maximum atomic E-state index is 4.17. The van der Waals surface area contributed by atoms with Gasteiger partial charge in [-0.25, -0.2) is 0 Å². The van der Waals surface area contributed by atoms with E-state index >= 15 is 0 Å². The Hall–Kier alpha value is -3.93. The van der Waals surface area contributed by atoms with Crippen molar-refractivity contribution in [2.75, 3.05) is 0 Å². The fourth-order valence-electron chi connectivity index (χ4n) is 2.92. The van der Waals surface area contributed by atoms with Crippen LogP contribution in [0.4, 0.5) is 0 Å². The molecule has 0 amide bonds. The van der Waals surface area contributed by atoms with Crippen molar-refractivity contribution in [3.05, 3.63) is 110 Å². The van der Waals surface area contributed by atoms with Crippen LogP contribution >= 0.6 is 0 Å². The Bertz CT molecular complexity index is 892. The van der Waals surface area contributed by atoms with Crippen LogP contribution in [-0.2, 0) is 0 Å². The van der Waals surface area contributed by atoms with Gasteiger partial charge in [0.1, 0.15) is 0 Å². The summed E-state index contributed by atoms with van der Waals surface area (Å²) in [7, 11) is 0. The highest BCUT2D eigenvalue weighted by molar-refractivity contribution is 5.61. The van der Waals surface area contributed by atoms with Crippen LogP contribution in [0.1, 0.15) is 65.8 Å². The lowest BCUT2D eigenvalue weighted by molar-refractivity contribution is 0.716. The first kappa shape index (κ1) is 33.1. The summed E-state index contributed by atoms with van der Waals surface area (Å²) in [5.41, 5.74) is 5.81. The fourth-order valence-corrected chi connectivity index (χ4v) is 2.92. The molecule has 0 saturated heterocycles. The molecule has 6 nitrogen and oxygen atoms in total. The lowest BCUT2D eigenvalue weighted by atomic mass is 10.2. The largest absolute Gasteiger partial charge is 0.383 e. The second-order valence-corrected chi connectivity index (χ2v) is 9.03. The number of aromatic nitrogens is 3. The lowest BCUT2D eigenvalue weighted by Gasteiger charge is -2.12. The number of hydrogen-bond acceptors (Lipinski definition) is 6. The molecule has 0 atom stereocenters. The van der Waals surface area contributed by atoms with Crippen molar-refractivity contribution in [1.82, 2.24) is 30.9 Å². The number of rotatable bonds is 9. The van der Waals surface area contributed by atoms with Crippen LogP contribution in [0.15, 0.2) is 93.2 Å². The maximum absolute atomic E-state index is 4.17. The number of nitrogens with zero attached hydrogens (tertiary/aromatic N) is 3. The van der Waals surface area contributed by atoms with Crippen molar-refractivity contribution in [2.24, 2.45) is 0 Å². The van der Waals surface area contributed by atoms with E-state index in [0.717, 1.165) is 33.9 Å². The van der Waals surface area contributed by atoms with Gasteiger partial charge in [-0.05, 0) is 77.9 Å². The molecule has 0 aliphatic carbocycles. The Morgan fingerprint density at radius 2 is 1.14 bits per heavy atom. The minimum Gasteiger partial charge on any atom is -0.383 e. The summed E-state index contributed by atoms with van der Waals surface area (Å²) in [6.45, 7) is 24.2. The van der Waals surface area contributed by atoms with Crippen molar-refractivity contribution in [3.8, 4) is 0 Å². The molecule has 3 N–H and O–H groups in total. The molecule has 0 saturated carbocycles. The van der Waals surface area contributed by atoms with Crippen molar-refractivity contribution in [3.63, 3.8) is 0 Å². The minimum absolute atomic E-state index is 0. The summed E-state index contributed by atoms with van der Waals surface area (Å²) < 4.78 is 0. The summed E-state index contributed by atoms with van der Waals surface area (Å²) in [4.78, 5) is 12.1. The Balaban J connectivity index is 0.000000518. The topological polar surface area (TPSA) is 74.8 Å². The van der Waals surface area contributed by atoms with Gasteiger partial charge in [0, 0.05) is 71.6 Å². The fraction of sp³-hybridized carbons (Fsp3) is 0.323. The zero-order chi connectivity index (χ0) is 26.9. The molecule has 200 valence electrons. The number of pyridine rings is 3. The van der Waals surface area contributed by atoms with E-state index in [2.05, 4.69) is 92.2 Å². The molecule has 0 aromatic carbocycles. The molecule has 0 fully saturated rings. The second-order valence-electron chi connectivity index (χ2n) is 9.03. The molecular weight excluding hydrogens is 456 g/mol. The summed E-state index contributed by atoms with van der Waals surface area (Å²) in [6, 6.07) is 14.8. The van der Waals surface area contributed by atoms with Gasteiger partial charge in [0.15, 0.2) is 0 Å². The van der Waals surface area contributed by atoms with Gasteiger partial charge >= 0.3 is 0 Å². The molecule has 6 heteroatoms. The van der Waals surface area contributed by atoms with Gasteiger partial charge in [-0.1, -0.05) is 33.2 Å². The molecule has 0 bridgehead atoms. The van der Waals surface area contributed by atoms with Crippen LogP contribution in [0.25, 0.3) is 17.1 Å². The third-order valence-electron chi connectivity index (χ3n) is 4.40. The highest BCUT2D eigenvalue weighted by Gasteiger charge is 2.00. The average molecular weight is 503 g/mol. The zero-order valence-electron chi connectivity index (χ0n) is 22.6. The Morgan fingerprint density at radius 3 is 1.59 bits per heavy atom. The van der Waals surface area contributed by atoms with Gasteiger partial charge in [-0.3, -0.25) is 15.0 Å². The molecule has 3 aromatic rings. The Morgan fingerprint density at radius 1 is 0.595 bits per heavy atom. The maximum Gasteiger partial charge on any atom is 0.0854 e. The molecule has 37 heavy (non-hydrogen) atoms. The first-order chi connectivity index (χ1) is 17.1. The molecule has 3 heterocycles. The van der Waals surface area contributed by atoms with Crippen LogP contribution in [-0.4, -0.2) is 33.1 Å². The molecule has 0 aliphatic rings. The van der Waals surface area contributed by atoms with Crippen LogP contribution in [0.5, 0.6) is 0 Å². The van der Waals surface area contributed by atoms with E-state index in [0.29, 0.717) is 18.1 Å². The standard InChI is InChI=1S/3C10H14N2.CH4/c1-8(2)12-9(3)10-4-6-11-7-5-10;1-8(2)12-9(3)10-5-4-6-11-7-10;1-8(2)12-9(3)10-6-4-5-7-11-10;/h3*4-8,12H,3H2,1-2H3;1H4. The van der Waals surface area contributed by atoms with E-state index in [1.807, 2.05) is 42.5 Å². The third-order valence-corrected chi connectivity index (χ3v) is 4.40. The summed E-state index contributed by atoms with van der Waals surface area (Å²) in [5, 5.41) is 9.66. The second kappa shape index (κ2) is 18.4.